The normalized spacial score (nSPS) is 11.2. The van der Waals surface area contributed by atoms with Crippen molar-refractivity contribution in [3.8, 4) is 0 Å². The number of rotatable bonds is 4. The van der Waals surface area contributed by atoms with E-state index in [4.69, 9.17) is 11.6 Å². The Labute approximate surface area is 145 Å². The van der Waals surface area contributed by atoms with Gasteiger partial charge in [-0.25, -0.2) is 0 Å². The number of benzene rings is 2. The summed E-state index contributed by atoms with van der Waals surface area (Å²) in [5.74, 6) is -0.500. The molecular formula is C16H12ClF3N2O3. The van der Waals surface area contributed by atoms with Crippen molar-refractivity contribution >= 4 is 23.2 Å². The van der Waals surface area contributed by atoms with Crippen LogP contribution >= 0.6 is 11.6 Å². The van der Waals surface area contributed by atoms with Gasteiger partial charge in [0.1, 0.15) is 0 Å². The topological polar surface area (TPSA) is 63.5 Å². The number of hydrogen-bond acceptors (Lipinski definition) is 3. The second-order valence-electron chi connectivity index (χ2n) is 5.28. The summed E-state index contributed by atoms with van der Waals surface area (Å²) in [6.45, 7) is 0.0598. The lowest BCUT2D eigenvalue weighted by Crippen LogP contribution is -2.26. The Kier molecular flexibility index (Phi) is 5.32. The molecule has 2 aromatic rings. The predicted molar refractivity (Wildman–Crippen MR) is 85.3 cm³/mol. The van der Waals surface area contributed by atoms with Gasteiger partial charge in [-0.05, 0) is 23.8 Å². The fraction of sp³-hybridized carbons (Fsp3) is 0.188. The molecule has 0 aliphatic rings. The van der Waals surface area contributed by atoms with Gasteiger partial charge < -0.3 is 4.90 Å². The van der Waals surface area contributed by atoms with Crippen molar-refractivity contribution in [3.63, 3.8) is 0 Å². The molecule has 132 valence electrons. The molecule has 5 nitrogen and oxygen atoms in total. The molecule has 0 saturated heterocycles. The van der Waals surface area contributed by atoms with Crippen LogP contribution in [0.1, 0.15) is 21.5 Å². The molecule has 0 aromatic heterocycles. The number of amides is 1. The maximum absolute atomic E-state index is 12.5. The summed E-state index contributed by atoms with van der Waals surface area (Å²) in [5, 5.41) is 10.6. The number of non-ortho nitro benzene ring substituents is 1. The molecule has 9 heteroatoms. The monoisotopic (exact) mass is 372 g/mol. The van der Waals surface area contributed by atoms with Crippen molar-refractivity contribution in [2.75, 3.05) is 7.05 Å². The molecule has 0 N–H and O–H groups in total. The molecule has 0 unspecified atom stereocenters. The van der Waals surface area contributed by atoms with Crippen LogP contribution in [0.5, 0.6) is 0 Å². The zero-order valence-corrected chi connectivity index (χ0v) is 13.6. The Balaban J connectivity index is 2.14. The summed E-state index contributed by atoms with van der Waals surface area (Å²) in [5.41, 5.74) is -0.445. The third kappa shape index (κ3) is 4.48. The van der Waals surface area contributed by atoms with E-state index in [2.05, 4.69) is 0 Å². The van der Waals surface area contributed by atoms with E-state index in [1.165, 1.54) is 30.1 Å². The van der Waals surface area contributed by atoms with E-state index in [0.29, 0.717) is 5.56 Å². The number of nitrogens with zero attached hydrogens (tertiary/aromatic N) is 2. The van der Waals surface area contributed by atoms with Gasteiger partial charge in [-0.1, -0.05) is 23.7 Å². The van der Waals surface area contributed by atoms with Crippen molar-refractivity contribution in [1.82, 2.24) is 4.90 Å². The van der Waals surface area contributed by atoms with E-state index < -0.39 is 22.6 Å². The smallest absolute Gasteiger partial charge is 0.337 e. The fourth-order valence-corrected chi connectivity index (χ4v) is 2.40. The van der Waals surface area contributed by atoms with Crippen LogP contribution in [0.4, 0.5) is 18.9 Å². The number of nitro groups is 1. The molecule has 0 radical (unpaired) electrons. The SMILES string of the molecule is CN(Cc1ccc(C(F)(F)F)cc1)C(=O)c1ccc([N+](=O)[O-])cc1Cl. The van der Waals surface area contributed by atoms with Gasteiger partial charge >= 0.3 is 6.18 Å². The van der Waals surface area contributed by atoms with E-state index in [-0.39, 0.29) is 22.8 Å². The van der Waals surface area contributed by atoms with Gasteiger partial charge in [-0.15, -0.1) is 0 Å². The molecule has 1 amide bonds. The lowest BCUT2D eigenvalue weighted by molar-refractivity contribution is -0.384. The first-order chi connectivity index (χ1) is 11.6. The van der Waals surface area contributed by atoms with Gasteiger partial charge in [0, 0.05) is 25.7 Å². The van der Waals surface area contributed by atoms with E-state index >= 15 is 0 Å². The van der Waals surface area contributed by atoms with E-state index in [9.17, 15) is 28.1 Å². The van der Waals surface area contributed by atoms with Crippen molar-refractivity contribution in [1.29, 1.82) is 0 Å². The molecule has 0 aliphatic carbocycles. The molecule has 0 fully saturated rings. The molecule has 0 aliphatic heterocycles. The predicted octanol–water partition coefficient (Wildman–Crippen LogP) is 4.54. The number of carbonyl (C=O) groups is 1. The highest BCUT2D eigenvalue weighted by Gasteiger charge is 2.30. The van der Waals surface area contributed by atoms with Crippen molar-refractivity contribution in [2.24, 2.45) is 0 Å². The average molecular weight is 373 g/mol. The van der Waals surface area contributed by atoms with Crippen molar-refractivity contribution < 1.29 is 22.9 Å². The first kappa shape index (κ1) is 18.7. The second kappa shape index (κ2) is 7.10. The van der Waals surface area contributed by atoms with Gasteiger partial charge in [-0.2, -0.15) is 13.2 Å². The molecule has 0 atom stereocenters. The third-order valence-electron chi connectivity index (χ3n) is 3.44. The Bertz CT molecular complexity index is 807. The number of hydrogen-bond donors (Lipinski definition) is 0. The number of halogens is 4. The maximum Gasteiger partial charge on any atom is 0.416 e. The lowest BCUT2D eigenvalue weighted by Gasteiger charge is -2.18. The van der Waals surface area contributed by atoms with Crippen LogP contribution in [0.3, 0.4) is 0 Å². The molecule has 0 bridgehead atoms. The van der Waals surface area contributed by atoms with Crippen molar-refractivity contribution in [2.45, 2.75) is 12.7 Å². The summed E-state index contributed by atoms with van der Waals surface area (Å²) < 4.78 is 37.6. The van der Waals surface area contributed by atoms with E-state index in [1.54, 1.807) is 0 Å². The second-order valence-corrected chi connectivity index (χ2v) is 5.68. The average Bonchev–Trinajstić information content (AvgIpc) is 2.53. The molecule has 25 heavy (non-hydrogen) atoms. The Morgan fingerprint density at radius 1 is 1.20 bits per heavy atom. The van der Waals surface area contributed by atoms with Crippen LogP contribution in [-0.2, 0) is 12.7 Å². The van der Waals surface area contributed by atoms with Gasteiger partial charge in [-0.3, -0.25) is 14.9 Å². The molecule has 2 rings (SSSR count). The number of carbonyl (C=O) groups excluding carboxylic acids is 1. The standard InChI is InChI=1S/C16H12ClF3N2O3/c1-21(9-10-2-4-11(5-3-10)16(18,19)20)15(23)13-7-6-12(22(24)25)8-14(13)17/h2-8H,9H2,1H3. The highest BCUT2D eigenvalue weighted by molar-refractivity contribution is 6.34. The molecule has 0 saturated carbocycles. The van der Waals surface area contributed by atoms with Crippen LogP contribution in [-0.4, -0.2) is 22.8 Å². The fourth-order valence-electron chi connectivity index (χ4n) is 2.14. The highest BCUT2D eigenvalue weighted by atomic mass is 35.5. The first-order valence-corrected chi connectivity index (χ1v) is 7.33. The van der Waals surface area contributed by atoms with Crippen LogP contribution in [0.2, 0.25) is 5.02 Å². The van der Waals surface area contributed by atoms with Crippen LogP contribution in [0.25, 0.3) is 0 Å². The highest BCUT2D eigenvalue weighted by Crippen LogP contribution is 2.29. The van der Waals surface area contributed by atoms with Crippen LogP contribution in [0.15, 0.2) is 42.5 Å². The quantitative estimate of drug-likeness (QED) is 0.584. The number of alkyl halides is 3. The summed E-state index contributed by atoms with van der Waals surface area (Å²) >= 11 is 5.91. The first-order valence-electron chi connectivity index (χ1n) is 6.95. The minimum absolute atomic E-state index is 0.0598. The summed E-state index contributed by atoms with van der Waals surface area (Å²) in [4.78, 5) is 23.7. The van der Waals surface area contributed by atoms with Crippen LogP contribution in [0, 0.1) is 10.1 Å². The summed E-state index contributed by atoms with van der Waals surface area (Å²) in [7, 11) is 1.46. The van der Waals surface area contributed by atoms with Crippen molar-refractivity contribution in [3.05, 3.63) is 74.3 Å². The minimum Gasteiger partial charge on any atom is -0.337 e. The zero-order valence-electron chi connectivity index (χ0n) is 12.9. The molecular weight excluding hydrogens is 361 g/mol. The van der Waals surface area contributed by atoms with E-state index in [0.717, 1.165) is 24.3 Å². The van der Waals surface area contributed by atoms with E-state index in [1.807, 2.05) is 0 Å². The summed E-state index contributed by atoms with van der Waals surface area (Å²) in [6.07, 6.45) is -4.42. The minimum atomic E-state index is -4.42. The van der Waals surface area contributed by atoms with Gasteiger partial charge in [0.25, 0.3) is 11.6 Å². The molecule has 2 aromatic carbocycles. The molecule has 0 heterocycles. The Morgan fingerprint density at radius 2 is 1.80 bits per heavy atom. The maximum atomic E-state index is 12.5. The zero-order chi connectivity index (χ0) is 18.8. The van der Waals surface area contributed by atoms with Gasteiger partial charge in [0.15, 0.2) is 0 Å². The van der Waals surface area contributed by atoms with Gasteiger partial charge in [0.2, 0.25) is 0 Å². The van der Waals surface area contributed by atoms with Gasteiger partial charge in [0.05, 0.1) is 21.1 Å². The largest absolute Gasteiger partial charge is 0.416 e. The third-order valence-corrected chi connectivity index (χ3v) is 3.75. The number of nitro benzene ring substituents is 1. The lowest BCUT2D eigenvalue weighted by atomic mass is 10.1. The summed E-state index contributed by atoms with van der Waals surface area (Å²) in [6, 6.07) is 7.91. The Hall–Kier alpha value is -2.61. The Morgan fingerprint density at radius 3 is 2.28 bits per heavy atom. The van der Waals surface area contributed by atoms with Crippen LogP contribution < -0.4 is 0 Å². The molecule has 0 spiro atoms.